The van der Waals surface area contributed by atoms with Gasteiger partial charge < -0.3 is 10.3 Å². The SMILES string of the molecule is CCC(CCN)CCc1nc2cnccc2n1C1CC1. The summed E-state index contributed by atoms with van der Waals surface area (Å²) in [6.07, 6.45) is 10.9. The van der Waals surface area contributed by atoms with Gasteiger partial charge in [-0.3, -0.25) is 4.98 Å². The quantitative estimate of drug-likeness (QED) is 0.842. The molecule has 0 amide bonds. The van der Waals surface area contributed by atoms with Gasteiger partial charge in [-0.05, 0) is 44.2 Å². The number of fused-ring (bicyclic) bond motifs is 1. The van der Waals surface area contributed by atoms with Gasteiger partial charge in [0.15, 0.2) is 0 Å². The predicted octanol–water partition coefficient (Wildman–Crippen LogP) is 3.07. The molecule has 0 spiro atoms. The Kier molecular flexibility index (Phi) is 4.01. The average molecular weight is 272 g/mol. The van der Waals surface area contributed by atoms with E-state index < -0.39 is 0 Å². The lowest BCUT2D eigenvalue weighted by molar-refractivity contribution is 0.435. The highest BCUT2D eigenvalue weighted by atomic mass is 15.1. The molecule has 1 atom stereocenters. The average Bonchev–Trinajstić information content (AvgIpc) is 3.24. The Morgan fingerprint density at radius 3 is 2.95 bits per heavy atom. The molecule has 0 aromatic carbocycles. The summed E-state index contributed by atoms with van der Waals surface area (Å²) >= 11 is 0. The summed E-state index contributed by atoms with van der Waals surface area (Å²) in [7, 11) is 0. The van der Waals surface area contributed by atoms with Crippen molar-refractivity contribution >= 4 is 11.0 Å². The summed E-state index contributed by atoms with van der Waals surface area (Å²) in [5.74, 6) is 1.97. The number of rotatable bonds is 7. The maximum atomic E-state index is 5.69. The van der Waals surface area contributed by atoms with Crippen LogP contribution in [0, 0.1) is 5.92 Å². The van der Waals surface area contributed by atoms with Crippen LogP contribution in [0.4, 0.5) is 0 Å². The van der Waals surface area contributed by atoms with Crippen LogP contribution < -0.4 is 5.73 Å². The number of hydrogen-bond acceptors (Lipinski definition) is 3. The van der Waals surface area contributed by atoms with Gasteiger partial charge in [0, 0.05) is 18.7 Å². The zero-order valence-corrected chi connectivity index (χ0v) is 12.3. The Hall–Kier alpha value is -1.42. The number of pyridine rings is 1. The number of aromatic nitrogens is 3. The lowest BCUT2D eigenvalue weighted by Crippen LogP contribution is -2.10. The van der Waals surface area contributed by atoms with Crippen LogP contribution in [-0.4, -0.2) is 21.1 Å². The van der Waals surface area contributed by atoms with Crippen LogP contribution in [-0.2, 0) is 6.42 Å². The second kappa shape index (κ2) is 5.92. The molecule has 4 nitrogen and oxygen atoms in total. The fourth-order valence-corrected chi connectivity index (χ4v) is 3.04. The van der Waals surface area contributed by atoms with Crippen molar-refractivity contribution in [2.45, 2.75) is 51.5 Å². The summed E-state index contributed by atoms with van der Waals surface area (Å²) in [6.45, 7) is 3.05. The molecule has 4 heteroatoms. The first-order valence-electron chi connectivity index (χ1n) is 7.84. The third-order valence-corrected chi connectivity index (χ3v) is 4.41. The van der Waals surface area contributed by atoms with Crippen molar-refractivity contribution in [3.63, 3.8) is 0 Å². The third-order valence-electron chi connectivity index (χ3n) is 4.41. The molecule has 1 aliphatic rings. The summed E-state index contributed by atoms with van der Waals surface area (Å²) < 4.78 is 2.45. The van der Waals surface area contributed by atoms with E-state index in [1.807, 2.05) is 12.4 Å². The normalized spacial score (nSPS) is 16.7. The molecule has 20 heavy (non-hydrogen) atoms. The minimum atomic E-state index is 0.673. The number of hydrogen-bond donors (Lipinski definition) is 1. The molecule has 1 fully saturated rings. The maximum absolute atomic E-state index is 5.69. The highest BCUT2D eigenvalue weighted by Crippen LogP contribution is 2.38. The third kappa shape index (κ3) is 2.70. The van der Waals surface area contributed by atoms with Crippen molar-refractivity contribution in [1.82, 2.24) is 14.5 Å². The second-order valence-corrected chi connectivity index (χ2v) is 5.88. The Bertz CT molecular complexity index is 571. The molecular formula is C16H24N4. The molecule has 0 radical (unpaired) electrons. The Balaban J connectivity index is 1.81. The molecule has 3 rings (SSSR count). The van der Waals surface area contributed by atoms with Crippen molar-refractivity contribution in [3.8, 4) is 0 Å². The fraction of sp³-hybridized carbons (Fsp3) is 0.625. The molecule has 0 saturated heterocycles. The van der Waals surface area contributed by atoms with Gasteiger partial charge in [0.1, 0.15) is 11.3 Å². The molecule has 0 aliphatic heterocycles. The first-order valence-corrected chi connectivity index (χ1v) is 7.84. The number of imidazole rings is 1. The number of nitrogens with two attached hydrogens (primary N) is 1. The minimum absolute atomic E-state index is 0.673. The first-order chi connectivity index (χ1) is 9.83. The van der Waals surface area contributed by atoms with E-state index in [2.05, 4.69) is 22.5 Å². The van der Waals surface area contributed by atoms with E-state index in [-0.39, 0.29) is 0 Å². The van der Waals surface area contributed by atoms with Gasteiger partial charge >= 0.3 is 0 Å². The van der Waals surface area contributed by atoms with Crippen molar-refractivity contribution in [2.24, 2.45) is 11.7 Å². The zero-order valence-electron chi connectivity index (χ0n) is 12.3. The van der Waals surface area contributed by atoms with Crippen molar-refractivity contribution in [2.75, 3.05) is 6.54 Å². The van der Waals surface area contributed by atoms with E-state index in [4.69, 9.17) is 10.7 Å². The molecule has 108 valence electrons. The standard InChI is InChI=1S/C16H24N4/c1-2-12(7-9-17)3-6-16-19-14-11-18-10-8-15(14)20(16)13-4-5-13/h8,10-13H,2-7,9,17H2,1H3. The van der Waals surface area contributed by atoms with E-state index >= 15 is 0 Å². The van der Waals surface area contributed by atoms with Gasteiger partial charge in [-0.2, -0.15) is 0 Å². The molecule has 0 bridgehead atoms. The van der Waals surface area contributed by atoms with E-state index in [1.165, 1.54) is 37.0 Å². The number of nitrogens with zero attached hydrogens (tertiary/aromatic N) is 3. The summed E-state index contributed by atoms with van der Waals surface area (Å²) in [4.78, 5) is 9.01. The predicted molar refractivity (Wildman–Crippen MR) is 81.6 cm³/mol. The van der Waals surface area contributed by atoms with Crippen molar-refractivity contribution in [3.05, 3.63) is 24.3 Å². The fourth-order valence-electron chi connectivity index (χ4n) is 3.04. The van der Waals surface area contributed by atoms with Crippen LogP contribution in [0.1, 0.15) is 50.9 Å². The molecule has 2 heterocycles. The topological polar surface area (TPSA) is 56.7 Å². The van der Waals surface area contributed by atoms with E-state index in [0.717, 1.165) is 30.8 Å². The van der Waals surface area contributed by atoms with Crippen molar-refractivity contribution < 1.29 is 0 Å². The lowest BCUT2D eigenvalue weighted by Gasteiger charge is -2.14. The second-order valence-electron chi connectivity index (χ2n) is 5.88. The van der Waals surface area contributed by atoms with Crippen LogP contribution in [0.2, 0.25) is 0 Å². The van der Waals surface area contributed by atoms with Crippen molar-refractivity contribution in [1.29, 1.82) is 0 Å². The summed E-state index contributed by atoms with van der Waals surface area (Å²) in [6, 6.07) is 2.77. The van der Waals surface area contributed by atoms with E-state index in [9.17, 15) is 0 Å². The monoisotopic (exact) mass is 272 g/mol. The molecule has 2 aromatic heterocycles. The van der Waals surface area contributed by atoms with Crippen LogP contribution in [0.15, 0.2) is 18.5 Å². The minimum Gasteiger partial charge on any atom is -0.330 e. The highest BCUT2D eigenvalue weighted by molar-refractivity contribution is 5.75. The first kappa shape index (κ1) is 13.6. The molecule has 2 N–H and O–H groups in total. The summed E-state index contributed by atoms with van der Waals surface area (Å²) in [5.41, 5.74) is 7.99. The lowest BCUT2D eigenvalue weighted by atomic mass is 9.96. The van der Waals surface area contributed by atoms with Crippen LogP contribution >= 0.6 is 0 Å². The van der Waals surface area contributed by atoms with Gasteiger partial charge in [-0.15, -0.1) is 0 Å². The highest BCUT2D eigenvalue weighted by Gasteiger charge is 2.28. The van der Waals surface area contributed by atoms with E-state index in [1.54, 1.807) is 0 Å². The van der Waals surface area contributed by atoms with E-state index in [0.29, 0.717) is 6.04 Å². The molecule has 2 aromatic rings. The zero-order chi connectivity index (χ0) is 13.9. The van der Waals surface area contributed by atoms with Crippen LogP contribution in [0.25, 0.3) is 11.0 Å². The number of aryl methyl sites for hydroxylation is 1. The molecular weight excluding hydrogens is 248 g/mol. The molecule has 1 unspecified atom stereocenters. The Morgan fingerprint density at radius 1 is 1.40 bits per heavy atom. The van der Waals surface area contributed by atoms with Gasteiger partial charge in [0.05, 0.1) is 11.7 Å². The van der Waals surface area contributed by atoms with Crippen LogP contribution in [0.5, 0.6) is 0 Å². The summed E-state index contributed by atoms with van der Waals surface area (Å²) in [5, 5.41) is 0. The Morgan fingerprint density at radius 2 is 2.25 bits per heavy atom. The smallest absolute Gasteiger partial charge is 0.110 e. The van der Waals surface area contributed by atoms with Gasteiger partial charge in [0.25, 0.3) is 0 Å². The molecule has 1 aliphatic carbocycles. The largest absolute Gasteiger partial charge is 0.330 e. The van der Waals surface area contributed by atoms with Gasteiger partial charge in [0.2, 0.25) is 0 Å². The molecule has 1 saturated carbocycles. The van der Waals surface area contributed by atoms with Gasteiger partial charge in [-0.25, -0.2) is 4.98 Å². The maximum Gasteiger partial charge on any atom is 0.110 e. The van der Waals surface area contributed by atoms with Gasteiger partial charge in [-0.1, -0.05) is 13.3 Å². The Labute approximate surface area is 120 Å². The van der Waals surface area contributed by atoms with Crippen LogP contribution in [0.3, 0.4) is 0 Å².